The number of rotatable bonds is 3. The standard InChI is InChI=1S/C16H21NO/c1-13(2)15-8-5-14(6-9-15)7-10-16(18)17-11-3-4-12-17/h5-10,13H,3-4,11-12H2,1-2H3/b10-7-. The van der Waals surface area contributed by atoms with Gasteiger partial charge in [-0.1, -0.05) is 38.1 Å². The van der Waals surface area contributed by atoms with Crippen molar-refractivity contribution in [3.8, 4) is 0 Å². The average Bonchev–Trinajstić information content (AvgIpc) is 2.90. The molecule has 0 N–H and O–H groups in total. The summed E-state index contributed by atoms with van der Waals surface area (Å²) in [5.74, 6) is 0.690. The van der Waals surface area contributed by atoms with E-state index in [2.05, 4.69) is 38.1 Å². The second kappa shape index (κ2) is 5.85. The topological polar surface area (TPSA) is 20.3 Å². The van der Waals surface area contributed by atoms with Crippen molar-refractivity contribution in [3.05, 3.63) is 41.5 Å². The van der Waals surface area contributed by atoms with Crippen molar-refractivity contribution in [3.63, 3.8) is 0 Å². The van der Waals surface area contributed by atoms with Crippen LogP contribution in [0.5, 0.6) is 0 Å². The lowest BCUT2D eigenvalue weighted by Gasteiger charge is -2.11. The molecule has 0 spiro atoms. The Hall–Kier alpha value is -1.57. The summed E-state index contributed by atoms with van der Waals surface area (Å²) in [5, 5.41) is 0. The summed E-state index contributed by atoms with van der Waals surface area (Å²) in [4.78, 5) is 13.7. The second-order valence-corrected chi connectivity index (χ2v) is 5.19. The van der Waals surface area contributed by atoms with Gasteiger partial charge in [-0.25, -0.2) is 0 Å². The van der Waals surface area contributed by atoms with Gasteiger partial charge in [0.1, 0.15) is 0 Å². The van der Waals surface area contributed by atoms with E-state index >= 15 is 0 Å². The van der Waals surface area contributed by atoms with Crippen molar-refractivity contribution >= 4 is 12.0 Å². The van der Waals surface area contributed by atoms with Gasteiger partial charge in [0, 0.05) is 19.2 Å². The molecule has 0 atom stereocenters. The first-order chi connectivity index (χ1) is 8.66. The van der Waals surface area contributed by atoms with Crippen LogP contribution in [-0.4, -0.2) is 23.9 Å². The quantitative estimate of drug-likeness (QED) is 0.745. The van der Waals surface area contributed by atoms with Crippen LogP contribution in [0.3, 0.4) is 0 Å². The zero-order valence-corrected chi connectivity index (χ0v) is 11.2. The molecule has 1 saturated heterocycles. The summed E-state index contributed by atoms with van der Waals surface area (Å²) in [6.07, 6.45) is 5.88. The van der Waals surface area contributed by atoms with Gasteiger partial charge in [0.15, 0.2) is 0 Å². The van der Waals surface area contributed by atoms with E-state index in [-0.39, 0.29) is 5.91 Å². The van der Waals surface area contributed by atoms with Gasteiger partial charge in [-0.3, -0.25) is 4.79 Å². The van der Waals surface area contributed by atoms with E-state index in [1.807, 2.05) is 11.0 Å². The lowest BCUT2D eigenvalue weighted by Crippen LogP contribution is -2.25. The molecule has 96 valence electrons. The summed E-state index contributed by atoms with van der Waals surface area (Å²) >= 11 is 0. The molecule has 0 aromatic heterocycles. The number of likely N-dealkylation sites (tertiary alicyclic amines) is 1. The fourth-order valence-electron chi connectivity index (χ4n) is 2.20. The van der Waals surface area contributed by atoms with Gasteiger partial charge in [-0.2, -0.15) is 0 Å². The summed E-state index contributed by atoms with van der Waals surface area (Å²) in [6, 6.07) is 8.40. The summed E-state index contributed by atoms with van der Waals surface area (Å²) in [6.45, 7) is 6.19. The van der Waals surface area contributed by atoms with Crippen LogP contribution < -0.4 is 0 Å². The maximum absolute atomic E-state index is 11.8. The number of amides is 1. The monoisotopic (exact) mass is 243 g/mol. The minimum Gasteiger partial charge on any atom is -0.339 e. The highest BCUT2D eigenvalue weighted by Crippen LogP contribution is 2.15. The fourth-order valence-corrected chi connectivity index (χ4v) is 2.20. The van der Waals surface area contributed by atoms with Crippen molar-refractivity contribution in [2.75, 3.05) is 13.1 Å². The Balaban J connectivity index is 1.97. The molecule has 2 nitrogen and oxygen atoms in total. The van der Waals surface area contributed by atoms with Gasteiger partial charge in [0.25, 0.3) is 0 Å². The second-order valence-electron chi connectivity index (χ2n) is 5.19. The highest BCUT2D eigenvalue weighted by atomic mass is 16.2. The molecule has 1 aromatic rings. The Morgan fingerprint density at radius 3 is 2.33 bits per heavy atom. The summed E-state index contributed by atoms with van der Waals surface area (Å²) < 4.78 is 0. The van der Waals surface area contributed by atoms with Gasteiger partial charge >= 0.3 is 0 Å². The first-order valence-electron chi connectivity index (χ1n) is 6.74. The number of benzene rings is 1. The van der Waals surface area contributed by atoms with E-state index in [0.29, 0.717) is 5.92 Å². The largest absolute Gasteiger partial charge is 0.339 e. The Kier molecular flexibility index (Phi) is 4.19. The molecule has 1 heterocycles. The van der Waals surface area contributed by atoms with Gasteiger partial charge < -0.3 is 4.90 Å². The predicted octanol–water partition coefficient (Wildman–Crippen LogP) is 3.45. The Morgan fingerprint density at radius 1 is 1.17 bits per heavy atom. The summed E-state index contributed by atoms with van der Waals surface area (Å²) in [5.41, 5.74) is 2.42. The van der Waals surface area contributed by atoms with Crippen LogP contribution >= 0.6 is 0 Å². The Morgan fingerprint density at radius 2 is 1.78 bits per heavy atom. The molecule has 0 bridgehead atoms. The van der Waals surface area contributed by atoms with Crippen LogP contribution in [0, 0.1) is 0 Å². The van der Waals surface area contributed by atoms with E-state index in [1.165, 1.54) is 5.56 Å². The van der Waals surface area contributed by atoms with Crippen molar-refractivity contribution in [1.82, 2.24) is 4.90 Å². The zero-order valence-electron chi connectivity index (χ0n) is 11.2. The molecule has 1 amide bonds. The fraction of sp³-hybridized carbons (Fsp3) is 0.438. The third kappa shape index (κ3) is 3.22. The third-order valence-electron chi connectivity index (χ3n) is 3.44. The minimum absolute atomic E-state index is 0.139. The van der Waals surface area contributed by atoms with Crippen LogP contribution in [0.25, 0.3) is 6.08 Å². The van der Waals surface area contributed by atoms with Gasteiger partial charge in [0.2, 0.25) is 5.91 Å². The number of carbonyl (C=O) groups is 1. The number of hydrogen-bond acceptors (Lipinski definition) is 1. The van der Waals surface area contributed by atoms with Gasteiger partial charge in [-0.15, -0.1) is 0 Å². The third-order valence-corrected chi connectivity index (χ3v) is 3.44. The molecule has 0 aliphatic carbocycles. The number of nitrogens with zero attached hydrogens (tertiary/aromatic N) is 1. The normalized spacial score (nSPS) is 15.8. The molecule has 1 aliphatic rings. The maximum atomic E-state index is 11.8. The highest BCUT2D eigenvalue weighted by Gasteiger charge is 2.14. The lowest BCUT2D eigenvalue weighted by atomic mass is 10.0. The molecule has 1 fully saturated rings. The number of carbonyl (C=O) groups excluding carboxylic acids is 1. The van der Waals surface area contributed by atoms with E-state index in [1.54, 1.807) is 6.08 Å². The SMILES string of the molecule is CC(C)c1ccc(/C=C\C(=O)N2CCCC2)cc1. The number of hydrogen-bond donors (Lipinski definition) is 0. The van der Waals surface area contributed by atoms with Crippen LogP contribution in [0.15, 0.2) is 30.3 Å². The molecular weight excluding hydrogens is 222 g/mol. The zero-order chi connectivity index (χ0) is 13.0. The molecule has 18 heavy (non-hydrogen) atoms. The van der Waals surface area contributed by atoms with E-state index < -0.39 is 0 Å². The lowest BCUT2D eigenvalue weighted by molar-refractivity contribution is -0.124. The smallest absolute Gasteiger partial charge is 0.246 e. The van der Waals surface area contributed by atoms with Crippen LogP contribution in [0.4, 0.5) is 0 Å². The molecule has 2 heteroatoms. The minimum atomic E-state index is 0.139. The predicted molar refractivity (Wildman–Crippen MR) is 75.4 cm³/mol. The maximum Gasteiger partial charge on any atom is 0.246 e. The Labute approximate surface area is 109 Å². The van der Waals surface area contributed by atoms with E-state index in [4.69, 9.17) is 0 Å². The van der Waals surface area contributed by atoms with E-state index in [0.717, 1.165) is 31.5 Å². The Bertz CT molecular complexity index is 425. The van der Waals surface area contributed by atoms with Crippen molar-refractivity contribution in [1.29, 1.82) is 0 Å². The molecular formula is C16H21NO. The van der Waals surface area contributed by atoms with Crippen molar-refractivity contribution < 1.29 is 4.79 Å². The highest BCUT2D eigenvalue weighted by molar-refractivity contribution is 5.91. The van der Waals surface area contributed by atoms with Crippen molar-refractivity contribution in [2.24, 2.45) is 0 Å². The van der Waals surface area contributed by atoms with Crippen LogP contribution in [-0.2, 0) is 4.79 Å². The molecule has 0 unspecified atom stereocenters. The first-order valence-corrected chi connectivity index (χ1v) is 6.74. The molecule has 1 aliphatic heterocycles. The van der Waals surface area contributed by atoms with Crippen molar-refractivity contribution in [2.45, 2.75) is 32.6 Å². The summed E-state index contributed by atoms with van der Waals surface area (Å²) in [7, 11) is 0. The first kappa shape index (κ1) is 12.9. The van der Waals surface area contributed by atoms with Crippen LogP contribution in [0.1, 0.15) is 43.7 Å². The van der Waals surface area contributed by atoms with Gasteiger partial charge in [-0.05, 0) is 36.0 Å². The molecule has 1 aromatic carbocycles. The van der Waals surface area contributed by atoms with E-state index in [9.17, 15) is 4.79 Å². The molecule has 2 rings (SSSR count). The molecule has 0 saturated carbocycles. The average molecular weight is 243 g/mol. The van der Waals surface area contributed by atoms with Gasteiger partial charge in [0.05, 0.1) is 0 Å². The van der Waals surface area contributed by atoms with Crippen LogP contribution in [0.2, 0.25) is 0 Å². The molecule has 0 radical (unpaired) electrons.